The Kier molecular flexibility index (Phi) is 14.6. The lowest BCUT2D eigenvalue weighted by molar-refractivity contribution is -0.145. The van der Waals surface area contributed by atoms with E-state index in [4.69, 9.17) is 24.5 Å². The van der Waals surface area contributed by atoms with Crippen molar-refractivity contribution in [3.63, 3.8) is 0 Å². The largest absolute Gasteiger partial charge is 0.494 e. The van der Waals surface area contributed by atoms with Gasteiger partial charge in [0.2, 0.25) is 5.91 Å². The topological polar surface area (TPSA) is 156 Å². The first-order valence-corrected chi connectivity index (χ1v) is 14.4. The molecule has 0 bridgehead atoms. The van der Waals surface area contributed by atoms with E-state index in [1.807, 2.05) is 30.5 Å². The van der Waals surface area contributed by atoms with Crippen molar-refractivity contribution in [3.05, 3.63) is 69.4 Å². The molecule has 0 radical (unpaired) electrons. The number of pyridine rings is 1. The van der Waals surface area contributed by atoms with E-state index in [0.717, 1.165) is 41.8 Å². The number of hydrogen-bond acceptors (Lipinski definition) is 8. The number of carbonyl (C=O) groups excluding carboxylic acids is 1. The van der Waals surface area contributed by atoms with Crippen molar-refractivity contribution in [2.45, 2.75) is 45.6 Å². The Morgan fingerprint density at radius 2 is 1.81 bits per heavy atom. The van der Waals surface area contributed by atoms with Gasteiger partial charge in [0.1, 0.15) is 5.75 Å². The number of nitrogens with zero attached hydrogens (tertiary/aromatic N) is 5. The highest BCUT2D eigenvalue weighted by molar-refractivity contribution is 5.84. The van der Waals surface area contributed by atoms with Gasteiger partial charge in [-0.3, -0.25) is 14.6 Å². The molecule has 1 amide bonds. The van der Waals surface area contributed by atoms with Crippen LogP contribution < -0.4 is 4.74 Å². The quantitative estimate of drug-likeness (QED) is 0.106. The Morgan fingerprint density at radius 3 is 2.55 bits per heavy atom. The van der Waals surface area contributed by atoms with Crippen LogP contribution in [-0.4, -0.2) is 86.2 Å². The molecule has 0 aliphatic carbocycles. The van der Waals surface area contributed by atoms with Gasteiger partial charge in [-0.05, 0) is 79.1 Å². The summed E-state index contributed by atoms with van der Waals surface area (Å²) in [5.74, 6) is -1.07. The molecule has 42 heavy (non-hydrogen) atoms. The molecule has 12 nitrogen and oxygen atoms in total. The van der Waals surface area contributed by atoms with Crippen LogP contribution in [0.15, 0.2) is 41.6 Å². The number of amides is 1. The van der Waals surface area contributed by atoms with Crippen LogP contribution in [-0.2, 0) is 43.2 Å². The number of rotatable bonds is 20. The zero-order valence-corrected chi connectivity index (χ0v) is 24.3. The molecule has 2 aromatic rings. The maximum atomic E-state index is 13.3. The van der Waals surface area contributed by atoms with Crippen molar-refractivity contribution in [3.8, 4) is 5.75 Å². The van der Waals surface area contributed by atoms with Crippen LogP contribution in [0.2, 0.25) is 0 Å². The third kappa shape index (κ3) is 12.0. The number of aryl methyl sites for hydroxylation is 2. The summed E-state index contributed by atoms with van der Waals surface area (Å²) < 4.78 is 22.4. The number of unbranched alkanes of at least 4 members (excludes halogenated alkanes) is 1. The number of aliphatic carboxylic acids is 1. The SMILES string of the molecule is Cc1ccnc(CCCCOc2ccc3c(c2)CN(CCOCCOCCOCCN=[N+]=[N-])C(=O)[C@H](CC(=O)O)C3)c1. The average Bonchev–Trinajstić information content (AvgIpc) is 3.09. The summed E-state index contributed by atoms with van der Waals surface area (Å²) in [6.45, 7) is 5.80. The van der Waals surface area contributed by atoms with Gasteiger partial charge >= 0.3 is 5.97 Å². The van der Waals surface area contributed by atoms with Gasteiger partial charge in [-0.25, -0.2) is 0 Å². The second kappa shape index (κ2) is 18.7. The molecule has 0 spiro atoms. The molecule has 1 aromatic heterocycles. The molecule has 1 atom stereocenters. The molecule has 228 valence electrons. The molecule has 12 heteroatoms. The van der Waals surface area contributed by atoms with Crippen LogP contribution in [0.1, 0.15) is 41.6 Å². The van der Waals surface area contributed by atoms with Gasteiger partial charge in [0.05, 0.1) is 58.6 Å². The molecule has 1 aliphatic rings. The van der Waals surface area contributed by atoms with E-state index in [0.29, 0.717) is 65.8 Å². The van der Waals surface area contributed by atoms with E-state index in [9.17, 15) is 14.7 Å². The van der Waals surface area contributed by atoms with Crippen LogP contribution in [0.4, 0.5) is 0 Å². The van der Waals surface area contributed by atoms with Crippen molar-refractivity contribution in [2.75, 3.05) is 59.3 Å². The minimum absolute atomic E-state index is 0.182. The van der Waals surface area contributed by atoms with Gasteiger partial charge in [-0.2, -0.15) is 0 Å². The predicted molar refractivity (Wildman–Crippen MR) is 155 cm³/mol. The normalized spacial score (nSPS) is 14.6. The summed E-state index contributed by atoms with van der Waals surface area (Å²) in [5.41, 5.74) is 12.4. The van der Waals surface area contributed by atoms with Crippen LogP contribution in [0.5, 0.6) is 5.75 Å². The van der Waals surface area contributed by atoms with E-state index in [1.54, 1.807) is 4.90 Å². The molecule has 0 fully saturated rings. The number of carboxylic acid groups (broad SMARTS) is 1. The van der Waals surface area contributed by atoms with Gasteiger partial charge in [0.25, 0.3) is 0 Å². The molecular formula is C30H41N5O7. The monoisotopic (exact) mass is 583 g/mol. The molecule has 0 saturated carbocycles. The Hall–Kier alpha value is -3.70. The minimum Gasteiger partial charge on any atom is -0.494 e. The Balaban J connectivity index is 1.45. The van der Waals surface area contributed by atoms with Crippen molar-refractivity contribution in [1.29, 1.82) is 0 Å². The molecule has 3 rings (SSSR count). The van der Waals surface area contributed by atoms with Crippen molar-refractivity contribution < 1.29 is 33.6 Å². The summed E-state index contributed by atoms with van der Waals surface area (Å²) in [6.07, 6.45) is 4.76. The Morgan fingerprint density at radius 1 is 1.05 bits per heavy atom. The smallest absolute Gasteiger partial charge is 0.304 e. The zero-order valence-electron chi connectivity index (χ0n) is 24.3. The number of carboxylic acids is 1. The second-order valence-corrected chi connectivity index (χ2v) is 10.1. The van der Waals surface area contributed by atoms with Gasteiger partial charge < -0.3 is 29.0 Å². The molecule has 1 N–H and O–H groups in total. The van der Waals surface area contributed by atoms with Crippen LogP contribution in [0, 0.1) is 12.8 Å². The van der Waals surface area contributed by atoms with Gasteiger partial charge in [-0.1, -0.05) is 11.2 Å². The highest BCUT2D eigenvalue weighted by Gasteiger charge is 2.31. The first kappa shape index (κ1) is 32.8. The summed E-state index contributed by atoms with van der Waals surface area (Å²) in [6, 6.07) is 9.90. The average molecular weight is 584 g/mol. The first-order chi connectivity index (χ1) is 20.5. The van der Waals surface area contributed by atoms with Crippen LogP contribution in [0.25, 0.3) is 10.4 Å². The number of carbonyl (C=O) groups is 2. The first-order valence-electron chi connectivity index (χ1n) is 14.4. The number of fused-ring (bicyclic) bond motifs is 1. The van der Waals surface area contributed by atoms with Gasteiger partial charge in [0.15, 0.2) is 0 Å². The molecule has 1 aromatic carbocycles. The summed E-state index contributed by atoms with van der Waals surface area (Å²) in [7, 11) is 0. The Labute approximate surface area is 246 Å². The van der Waals surface area contributed by atoms with Crippen molar-refractivity contribution >= 4 is 11.9 Å². The number of ether oxygens (including phenoxy) is 4. The fraction of sp³-hybridized carbons (Fsp3) is 0.567. The highest BCUT2D eigenvalue weighted by atomic mass is 16.5. The fourth-order valence-electron chi connectivity index (χ4n) is 4.69. The predicted octanol–water partition coefficient (Wildman–Crippen LogP) is 4.13. The Bertz CT molecular complexity index is 1190. The molecule has 2 heterocycles. The zero-order chi connectivity index (χ0) is 30.0. The van der Waals surface area contributed by atoms with E-state index in [2.05, 4.69) is 28.0 Å². The number of hydrogen-bond donors (Lipinski definition) is 1. The van der Waals surface area contributed by atoms with E-state index in [1.165, 1.54) is 5.56 Å². The van der Waals surface area contributed by atoms with E-state index < -0.39 is 11.9 Å². The molecule has 0 saturated heterocycles. The third-order valence-electron chi connectivity index (χ3n) is 6.80. The maximum Gasteiger partial charge on any atom is 0.304 e. The second-order valence-electron chi connectivity index (χ2n) is 10.1. The maximum absolute atomic E-state index is 13.3. The lowest BCUT2D eigenvalue weighted by Gasteiger charge is -2.24. The molecule has 0 unspecified atom stereocenters. The van der Waals surface area contributed by atoms with Crippen molar-refractivity contribution in [2.24, 2.45) is 11.0 Å². The standard InChI is InChI=1S/C30H41N5O7/c1-23-7-8-32-27(18-23)4-2-3-11-42-28-6-5-24-19-25(21-29(36)37)30(38)35(22-26(24)20-28)10-13-40-15-17-41-16-14-39-12-9-33-34-31/h5-8,18,20,25H,2-4,9-17,19,21-22H2,1H3,(H,36,37)/t25-/m0/s1. The summed E-state index contributed by atoms with van der Waals surface area (Å²) in [5, 5.41) is 12.8. The molecular weight excluding hydrogens is 542 g/mol. The third-order valence-corrected chi connectivity index (χ3v) is 6.80. The molecule has 1 aliphatic heterocycles. The summed E-state index contributed by atoms with van der Waals surface area (Å²) in [4.78, 5) is 33.5. The number of aromatic nitrogens is 1. The van der Waals surface area contributed by atoms with E-state index in [-0.39, 0.29) is 18.9 Å². The number of benzene rings is 1. The highest BCUT2D eigenvalue weighted by Crippen LogP contribution is 2.28. The van der Waals surface area contributed by atoms with Crippen molar-refractivity contribution in [1.82, 2.24) is 9.88 Å². The van der Waals surface area contributed by atoms with Gasteiger partial charge in [0, 0.05) is 36.4 Å². The summed E-state index contributed by atoms with van der Waals surface area (Å²) >= 11 is 0. The van der Waals surface area contributed by atoms with Crippen LogP contribution in [0.3, 0.4) is 0 Å². The minimum atomic E-state index is -0.993. The number of azide groups is 1. The lowest BCUT2D eigenvalue weighted by Crippen LogP contribution is -2.37. The van der Waals surface area contributed by atoms with Gasteiger partial charge in [-0.15, -0.1) is 0 Å². The van der Waals surface area contributed by atoms with Crippen LogP contribution >= 0.6 is 0 Å². The van der Waals surface area contributed by atoms with E-state index >= 15 is 0 Å². The lowest BCUT2D eigenvalue weighted by atomic mass is 9.94. The fourth-order valence-corrected chi connectivity index (χ4v) is 4.69.